The number of aromatic nitrogens is 1. The van der Waals surface area contributed by atoms with Gasteiger partial charge in [0.2, 0.25) is 0 Å². The Hall–Kier alpha value is -1.00. The summed E-state index contributed by atoms with van der Waals surface area (Å²) in [6, 6.07) is 0. The van der Waals surface area contributed by atoms with Gasteiger partial charge in [-0.25, -0.2) is 4.98 Å². The summed E-state index contributed by atoms with van der Waals surface area (Å²) in [4.78, 5) is 15.2. The third-order valence-electron chi connectivity index (χ3n) is 1.34. The van der Waals surface area contributed by atoms with Crippen LogP contribution in [0.3, 0.4) is 0 Å². The number of hydrogen-bond donors (Lipinski definition) is 1. The van der Waals surface area contributed by atoms with E-state index in [4.69, 9.17) is 5.73 Å². The summed E-state index contributed by atoms with van der Waals surface area (Å²) in [6.07, 6.45) is 1.91. The summed E-state index contributed by atoms with van der Waals surface area (Å²) >= 11 is 1.41. The summed E-state index contributed by atoms with van der Waals surface area (Å²) in [7, 11) is 0. The highest BCUT2D eigenvalue weighted by Gasteiger charge is 2.07. The molecule has 1 rings (SSSR count). The van der Waals surface area contributed by atoms with E-state index in [9.17, 15) is 4.79 Å². The molecule has 0 saturated heterocycles. The van der Waals surface area contributed by atoms with E-state index in [2.05, 4.69) is 11.6 Å². The van der Waals surface area contributed by atoms with E-state index in [1.54, 1.807) is 11.5 Å². The zero-order valence-corrected chi connectivity index (χ0v) is 7.43. The Labute approximate surface area is 74.9 Å². The molecule has 0 unspecified atom stereocenters. The number of carbonyl (C=O) groups excluding carboxylic acids is 1. The highest BCUT2D eigenvalue weighted by Crippen LogP contribution is 2.10. The Kier molecular flexibility index (Phi) is 3.13. The number of hydrogen-bond acceptors (Lipinski definition) is 4. The number of rotatable bonds is 4. The second kappa shape index (κ2) is 4.13. The van der Waals surface area contributed by atoms with Gasteiger partial charge >= 0.3 is 0 Å². The molecule has 1 heterocycles. The van der Waals surface area contributed by atoms with Gasteiger partial charge in [-0.1, -0.05) is 6.08 Å². The van der Waals surface area contributed by atoms with E-state index >= 15 is 0 Å². The predicted octanol–water partition coefficient (Wildman–Crippen LogP) is 1.36. The summed E-state index contributed by atoms with van der Waals surface area (Å²) in [5, 5.41) is 2.52. The van der Waals surface area contributed by atoms with Crippen molar-refractivity contribution in [2.45, 2.75) is 13.0 Å². The number of carbonyl (C=O) groups is 1. The Balaban J connectivity index is 2.74. The van der Waals surface area contributed by atoms with Crippen molar-refractivity contribution >= 4 is 17.1 Å². The van der Waals surface area contributed by atoms with Crippen molar-refractivity contribution in [2.24, 2.45) is 5.73 Å². The van der Waals surface area contributed by atoms with E-state index in [1.807, 2.05) is 0 Å². The first-order valence-electron chi connectivity index (χ1n) is 3.56. The fourth-order valence-electron chi connectivity index (χ4n) is 0.768. The molecule has 0 aliphatic carbocycles. The molecule has 12 heavy (non-hydrogen) atoms. The quantitative estimate of drug-likeness (QED) is 0.565. The smallest absolute Gasteiger partial charge is 0.185 e. The number of thiazole rings is 1. The summed E-state index contributed by atoms with van der Waals surface area (Å²) in [5.74, 6) is 0.000880. The molecule has 0 aromatic carbocycles. The number of nitrogens with two attached hydrogens (primary N) is 1. The fraction of sp³-hybridized carbons (Fsp3) is 0.250. The van der Waals surface area contributed by atoms with Crippen LogP contribution in [0.15, 0.2) is 18.0 Å². The first-order chi connectivity index (χ1) is 5.77. The maximum atomic E-state index is 11.2. The lowest BCUT2D eigenvalue weighted by atomic mass is 10.2. The number of ketones is 1. The predicted molar refractivity (Wildman–Crippen MR) is 49.1 cm³/mol. The lowest BCUT2D eigenvalue weighted by Crippen LogP contribution is -2.00. The molecule has 0 bridgehead atoms. The standard InChI is InChI=1S/C8H10N2OS/c1-2-3-7(11)6-5-12-8(4-9)10-6/h2,5H,1,3-4,9H2. The zero-order valence-electron chi connectivity index (χ0n) is 6.62. The van der Waals surface area contributed by atoms with E-state index in [0.29, 0.717) is 18.7 Å². The Morgan fingerprint density at radius 2 is 2.58 bits per heavy atom. The van der Waals surface area contributed by atoms with Gasteiger partial charge in [-0.3, -0.25) is 4.79 Å². The van der Waals surface area contributed by atoms with E-state index in [1.165, 1.54) is 11.3 Å². The average molecular weight is 182 g/mol. The van der Waals surface area contributed by atoms with E-state index in [-0.39, 0.29) is 5.78 Å². The molecule has 64 valence electrons. The van der Waals surface area contributed by atoms with Crippen molar-refractivity contribution < 1.29 is 4.79 Å². The van der Waals surface area contributed by atoms with Crippen LogP contribution < -0.4 is 5.73 Å². The molecule has 0 radical (unpaired) electrons. The van der Waals surface area contributed by atoms with Crippen LogP contribution in [0.25, 0.3) is 0 Å². The average Bonchev–Trinajstić information content (AvgIpc) is 2.52. The van der Waals surface area contributed by atoms with Gasteiger partial charge in [0.15, 0.2) is 5.78 Å². The minimum Gasteiger partial charge on any atom is -0.325 e. The fourth-order valence-corrected chi connectivity index (χ4v) is 1.45. The highest BCUT2D eigenvalue weighted by molar-refractivity contribution is 7.09. The van der Waals surface area contributed by atoms with Crippen LogP contribution in [0.4, 0.5) is 0 Å². The third kappa shape index (κ3) is 1.99. The van der Waals surface area contributed by atoms with Gasteiger partial charge in [-0.05, 0) is 0 Å². The van der Waals surface area contributed by atoms with Crippen LogP contribution in [0, 0.1) is 0 Å². The molecular weight excluding hydrogens is 172 g/mol. The monoisotopic (exact) mass is 182 g/mol. The summed E-state index contributed by atoms with van der Waals surface area (Å²) in [6.45, 7) is 3.88. The van der Waals surface area contributed by atoms with Crippen molar-refractivity contribution in [1.29, 1.82) is 0 Å². The third-order valence-corrected chi connectivity index (χ3v) is 2.21. The molecule has 0 atom stereocenters. The van der Waals surface area contributed by atoms with Gasteiger partial charge in [-0.2, -0.15) is 0 Å². The van der Waals surface area contributed by atoms with Crippen LogP contribution in [0.5, 0.6) is 0 Å². The van der Waals surface area contributed by atoms with Crippen LogP contribution in [-0.4, -0.2) is 10.8 Å². The van der Waals surface area contributed by atoms with Gasteiger partial charge < -0.3 is 5.73 Å². The maximum Gasteiger partial charge on any atom is 0.185 e. The first-order valence-corrected chi connectivity index (χ1v) is 4.44. The van der Waals surface area contributed by atoms with Crippen molar-refractivity contribution in [1.82, 2.24) is 4.98 Å². The Morgan fingerprint density at radius 1 is 1.83 bits per heavy atom. The van der Waals surface area contributed by atoms with E-state index < -0.39 is 0 Å². The lowest BCUT2D eigenvalue weighted by Gasteiger charge is -1.88. The van der Waals surface area contributed by atoms with Crippen LogP contribution in [-0.2, 0) is 6.54 Å². The number of Topliss-reactive ketones (excluding diaryl/α,β-unsaturated/α-hetero) is 1. The molecular formula is C8H10N2OS. The molecule has 0 saturated carbocycles. The second-order valence-electron chi connectivity index (χ2n) is 2.25. The summed E-state index contributed by atoms with van der Waals surface area (Å²) < 4.78 is 0. The molecule has 0 amide bonds. The largest absolute Gasteiger partial charge is 0.325 e. The van der Waals surface area contributed by atoms with Crippen LogP contribution >= 0.6 is 11.3 Å². The Morgan fingerprint density at radius 3 is 3.08 bits per heavy atom. The SMILES string of the molecule is C=CCC(=O)c1csc(CN)n1. The normalized spacial score (nSPS) is 9.75. The van der Waals surface area contributed by atoms with Gasteiger partial charge in [0.05, 0.1) is 0 Å². The van der Waals surface area contributed by atoms with Gasteiger partial charge in [-0.15, -0.1) is 17.9 Å². The van der Waals surface area contributed by atoms with Crippen molar-refractivity contribution in [3.8, 4) is 0 Å². The van der Waals surface area contributed by atoms with Crippen LogP contribution in [0.2, 0.25) is 0 Å². The first kappa shape index (κ1) is 9.09. The zero-order chi connectivity index (χ0) is 8.97. The topological polar surface area (TPSA) is 56.0 Å². The second-order valence-corrected chi connectivity index (χ2v) is 3.19. The molecule has 1 aromatic rings. The Bertz CT molecular complexity index is 293. The van der Waals surface area contributed by atoms with Gasteiger partial charge in [0.1, 0.15) is 10.7 Å². The summed E-state index contributed by atoms with van der Waals surface area (Å²) in [5.41, 5.74) is 5.85. The molecule has 0 spiro atoms. The van der Waals surface area contributed by atoms with Crippen molar-refractivity contribution in [3.05, 3.63) is 28.7 Å². The van der Waals surface area contributed by atoms with Gasteiger partial charge in [0.25, 0.3) is 0 Å². The molecule has 4 heteroatoms. The molecule has 2 N–H and O–H groups in total. The maximum absolute atomic E-state index is 11.2. The molecule has 0 fully saturated rings. The molecule has 3 nitrogen and oxygen atoms in total. The highest BCUT2D eigenvalue weighted by atomic mass is 32.1. The van der Waals surface area contributed by atoms with E-state index in [0.717, 1.165) is 5.01 Å². The lowest BCUT2D eigenvalue weighted by molar-refractivity contribution is 0.0991. The van der Waals surface area contributed by atoms with Crippen molar-refractivity contribution in [2.75, 3.05) is 0 Å². The van der Waals surface area contributed by atoms with Gasteiger partial charge in [0, 0.05) is 18.3 Å². The molecule has 1 aromatic heterocycles. The minimum atomic E-state index is 0.000880. The number of nitrogens with zero attached hydrogens (tertiary/aromatic N) is 1. The molecule has 0 aliphatic heterocycles. The van der Waals surface area contributed by atoms with Crippen LogP contribution in [0.1, 0.15) is 21.9 Å². The number of allylic oxidation sites excluding steroid dienone is 1. The minimum absolute atomic E-state index is 0.000880. The van der Waals surface area contributed by atoms with Crippen molar-refractivity contribution in [3.63, 3.8) is 0 Å². The molecule has 0 aliphatic rings.